The molecular formula is C19H26N4O2. The van der Waals surface area contributed by atoms with Gasteiger partial charge in [0.1, 0.15) is 5.82 Å². The Morgan fingerprint density at radius 3 is 2.48 bits per heavy atom. The summed E-state index contributed by atoms with van der Waals surface area (Å²) in [7, 11) is 0. The first kappa shape index (κ1) is 16.4. The highest BCUT2D eigenvalue weighted by Gasteiger charge is 2.32. The number of imidazole rings is 1. The van der Waals surface area contributed by atoms with Gasteiger partial charge in [-0.25, -0.2) is 9.78 Å². The van der Waals surface area contributed by atoms with E-state index in [2.05, 4.69) is 11.1 Å². The van der Waals surface area contributed by atoms with E-state index >= 15 is 0 Å². The van der Waals surface area contributed by atoms with Gasteiger partial charge in [0.2, 0.25) is 0 Å². The van der Waals surface area contributed by atoms with E-state index in [9.17, 15) is 4.79 Å². The molecule has 1 N–H and O–H groups in total. The highest BCUT2D eigenvalue weighted by molar-refractivity contribution is 5.75. The number of carbonyl (C=O) groups excluding carboxylic acids is 1. The summed E-state index contributed by atoms with van der Waals surface area (Å²) in [5.41, 5.74) is 2.11. The lowest BCUT2D eigenvalue weighted by molar-refractivity contribution is -0.0587. The number of ether oxygens (including phenoxy) is 1. The van der Waals surface area contributed by atoms with Crippen LogP contribution in [0.3, 0.4) is 0 Å². The van der Waals surface area contributed by atoms with Gasteiger partial charge in [0.25, 0.3) is 0 Å². The van der Waals surface area contributed by atoms with Gasteiger partial charge in [-0.05, 0) is 38.8 Å². The number of benzene rings is 1. The van der Waals surface area contributed by atoms with Crippen molar-refractivity contribution in [3.8, 4) is 0 Å². The van der Waals surface area contributed by atoms with Gasteiger partial charge in [0.05, 0.1) is 23.2 Å². The number of nitrogens with zero attached hydrogens (tertiary/aromatic N) is 3. The lowest BCUT2D eigenvalue weighted by Gasteiger charge is -2.40. The molecule has 1 aromatic heterocycles. The molecule has 0 spiro atoms. The van der Waals surface area contributed by atoms with Crippen molar-refractivity contribution in [2.45, 2.75) is 44.8 Å². The molecule has 2 aliphatic rings. The van der Waals surface area contributed by atoms with E-state index in [0.29, 0.717) is 19.0 Å². The fourth-order valence-electron chi connectivity index (χ4n) is 4.04. The minimum absolute atomic E-state index is 0.112. The number of aromatic nitrogens is 2. The fourth-order valence-corrected chi connectivity index (χ4v) is 4.04. The van der Waals surface area contributed by atoms with Crippen LogP contribution in [-0.2, 0) is 4.74 Å². The fraction of sp³-hybridized carbons (Fsp3) is 0.579. The summed E-state index contributed by atoms with van der Waals surface area (Å²) in [5, 5.41) is 0. The number of fused-ring (bicyclic) bond motifs is 1. The number of piperidine rings is 1. The number of likely N-dealkylation sites (tertiary alicyclic amines) is 1. The van der Waals surface area contributed by atoms with Crippen LogP contribution in [0.5, 0.6) is 0 Å². The van der Waals surface area contributed by atoms with Gasteiger partial charge in [-0.15, -0.1) is 0 Å². The Hall–Kier alpha value is -2.08. The van der Waals surface area contributed by atoms with Crippen molar-refractivity contribution in [1.82, 2.24) is 19.8 Å². The van der Waals surface area contributed by atoms with Crippen molar-refractivity contribution in [2.75, 3.05) is 26.2 Å². The predicted molar refractivity (Wildman–Crippen MR) is 96.6 cm³/mol. The Morgan fingerprint density at radius 1 is 1.12 bits per heavy atom. The summed E-state index contributed by atoms with van der Waals surface area (Å²) < 4.78 is 5.73. The third kappa shape index (κ3) is 3.35. The topological polar surface area (TPSA) is 61.5 Å². The van der Waals surface area contributed by atoms with E-state index in [4.69, 9.17) is 9.72 Å². The third-order valence-corrected chi connectivity index (χ3v) is 5.25. The quantitative estimate of drug-likeness (QED) is 0.867. The third-order valence-electron chi connectivity index (χ3n) is 5.25. The second-order valence-corrected chi connectivity index (χ2v) is 7.35. The summed E-state index contributed by atoms with van der Waals surface area (Å²) in [6.07, 6.45) is 2.14. The first-order chi connectivity index (χ1) is 12.1. The van der Waals surface area contributed by atoms with Crippen LogP contribution >= 0.6 is 0 Å². The van der Waals surface area contributed by atoms with E-state index in [-0.39, 0.29) is 18.2 Å². The van der Waals surface area contributed by atoms with Crippen molar-refractivity contribution in [2.24, 2.45) is 0 Å². The molecule has 2 saturated heterocycles. The molecule has 2 aromatic rings. The maximum Gasteiger partial charge on any atom is 0.320 e. The SMILES string of the molecule is C[C@@H]1CN(C(=O)N2CCC(c3nc4ccccc4[nH]3)CC2)C[C@H](C)O1. The van der Waals surface area contributed by atoms with Crippen LogP contribution in [0.15, 0.2) is 24.3 Å². The lowest BCUT2D eigenvalue weighted by Crippen LogP contribution is -2.54. The average Bonchev–Trinajstić information content (AvgIpc) is 3.04. The zero-order valence-electron chi connectivity index (χ0n) is 14.9. The van der Waals surface area contributed by atoms with E-state index in [1.54, 1.807) is 0 Å². The highest BCUT2D eigenvalue weighted by atomic mass is 16.5. The van der Waals surface area contributed by atoms with Crippen molar-refractivity contribution in [3.05, 3.63) is 30.1 Å². The molecule has 0 radical (unpaired) electrons. The molecule has 2 aliphatic heterocycles. The number of rotatable bonds is 1. The van der Waals surface area contributed by atoms with E-state index in [0.717, 1.165) is 42.8 Å². The molecule has 2 fully saturated rings. The van der Waals surface area contributed by atoms with Crippen LogP contribution in [0.1, 0.15) is 38.4 Å². The number of morpholine rings is 1. The van der Waals surface area contributed by atoms with Crippen LogP contribution in [0, 0.1) is 0 Å². The highest BCUT2D eigenvalue weighted by Crippen LogP contribution is 2.28. The number of nitrogens with one attached hydrogen (secondary N) is 1. The first-order valence-electron chi connectivity index (χ1n) is 9.24. The molecule has 6 nitrogen and oxygen atoms in total. The second-order valence-electron chi connectivity index (χ2n) is 7.35. The van der Waals surface area contributed by atoms with Gasteiger partial charge in [0, 0.05) is 32.1 Å². The second kappa shape index (κ2) is 6.67. The maximum atomic E-state index is 12.8. The number of H-pyrrole nitrogens is 1. The molecule has 3 heterocycles. The summed E-state index contributed by atoms with van der Waals surface area (Å²) >= 11 is 0. The molecule has 6 heteroatoms. The Morgan fingerprint density at radius 2 is 1.80 bits per heavy atom. The molecule has 0 bridgehead atoms. The molecule has 0 aliphatic carbocycles. The summed E-state index contributed by atoms with van der Waals surface area (Å²) in [6.45, 7) is 7.02. The summed E-state index contributed by atoms with van der Waals surface area (Å²) in [5.74, 6) is 1.46. The van der Waals surface area contributed by atoms with Crippen molar-refractivity contribution < 1.29 is 9.53 Å². The van der Waals surface area contributed by atoms with E-state index in [1.807, 2.05) is 41.8 Å². The van der Waals surface area contributed by atoms with E-state index in [1.165, 1.54) is 0 Å². The van der Waals surface area contributed by atoms with Gasteiger partial charge in [-0.2, -0.15) is 0 Å². The number of aromatic amines is 1. The molecular weight excluding hydrogens is 316 g/mol. The molecule has 2 atom stereocenters. The zero-order chi connectivity index (χ0) is 17.4. The van der Waals surface area contributed by atoms with Crippen LogP contribution in [0.4, 0.5) is 4.79 Å². The van der Waals surface area contributed by atoms with Crippen LogP contribution in [-0.4, -0.2) is 64.2 Å². The van der Waals surface area contributed by atoms with Gasteiger partial charge >= 0.3 is 6.03 Å². The molecule has 0 saturated carbocycles. The molecule has 0 unspecified atom stereocenters. The van der Waals surface area contributed by atoms with Gasteiger partial charge in [-0.3, -0.25) is 0 Å². The number of hydrogen-bond donors (Lipinski definition) is 1. The monoisotopic (exact) mass is 342 g/mol. The molecule has 2 amide bonds. The Labute approximate surface area is 148 Å². The van der Waals surface area contributed by atoms with Crippen LogP contribution in [0.25, 0.3) is 11.0 Å². The van der Waals surface area contributed by atoms with Crippen LogP contribution in [0.2, 0.25) is 0 Å². The molecule has 134 valence electrons. The smallest absolute Gasteiger partial charge is 0.320 e. The standard InChI is InChI=1S/C19H26N4O2/c1-13-11-23(12-14(2)25-13)19(24)22-9-7-15(8-10-22)18-20-16-5-3-4-6-17(16)21-18/h3-6,13-15H,7-12H2,1-2H3,(H,20,21)/t13-,14+. The first-order valence-corrected chi connectivity index (χ1v) is 9.24. The van der Waals surface area contributed by atoms with Crippen LogP contribution < -0.4 is 0 Å². The maximum absolute atomic E-state index is 12.8. The minimum Gasteiger partial charge on any atom is -0.372 e. The molecule has 1 aromatic carbocycles. The lowest BCUT2D eigenvalue weighted by atomic mass is 9.96. The largest absolute Gasteiger partial charge is 0.372 e. The Bertz CT molecular complexity index is 708. The minimum atomic E-state index is 0.112. The Kier molecular flexibility index (Phi) is 4.37. The number of urea groups is 1. The summed E-state index contributed by atoms with van der Waals surface area (Å²) in [4.78, 5) is 24.9. The number of carbonyl (C=O) groups is 1. The number of hydrogen-bond acceptors (Lipinski definition) is 3. The van der Waals surface area contributed by atoms with Gasteiger partial charge in [0.15, 0.2) is 0 Å². The number of amides is 2. The van der Waals surface area contributed by atoms with Gasteiger partial charge in [-0.1, -0.05) is 12.1 Å². The Balaban J connectivity index is 1.38. The zero-order valence-corrected chi connectivity index (χ0v) is 14.9. The van der Waals surface area contributed by atoms with E-state index < -0.39 is 0 Å². The average molecular weight is 342 g/mol. The van der Waals surface area contributed by atoms with Crippen molar-refractivity contribution >= 4 is 17.1 Å². The normalized spacial score (nSPS) is 25.5. The molecule has 25 heavy (non-hydrogen) atoms. The number of para-hydroxylation sites is 2. The predicted octanol–water partition coefficient (Wildman–Crippen LogP) is 2.97. The van der Waals surface area contributed by atoms with Crippen molar-refractivity contribution in [3.63, 3.8) is 0 Å². The van der Waals surface area contributed by atoms with Crippen molar-refractivity contribution in [1.29, 1.82) is 0 Å². The molecule has 4 rings (SSSR count). The van der Waals surface area contributed by atoms with Gasteiger partial charge < -0.3 is 19.5 Å². The summed E-state index contributed by atoms with van der Waals surface area (Å²) in [6, 6.07) is 8.29.